The predicted molar refractivity (Wildman–Crippen MR) is 135 cm³/mol. The van der Waals surface area contributed by atoms with Crippen molar-refractivity contribution in [2.24, 2.45) is 0 Å². The number of aromatic nitrogens is 2. The number of imidazole rings is 1. The van der Waals surface area contributed by atoms with Crippen molar-refractivity contribution in [1.29, 1.82) is 0 Å². The summed E-state index contributed by atoms with van der Waals surface area (Å²) in [7, 11) is 0. The van der Waals surface area contributed by atoms with Crippen LogP contribution < -0.4 is 0 Å². The van der Waals surface area contributed by atoms with Crippen LogP contribution in [-0.4, -0.2) is 21.0 Å². The van der Waals surface area contributed by atoms with Crippen molar-refractivity contribution < 1.29 is 9.90 Å². The van der Waals surface area contributed by atoms with Crippen molar-refractivity contribution in [3.05, 3.63) is 124 Å². The van der Waals surface area contributed by atoms with Gasteiger partial charge in [-0.05, 0) is 28.8 Å². The molecule has 0 saturated carbocycles. The van der Waals surface area contributed by atoms with Gasteiger partial charge in [-0.25, -0.2) is 9.78 Å². The van der Waals surface area contributed by atoms with E-state index >= 15 is 0 Å². The molecular weight excluding hydrogens is 452 g/mol. The van der Waals surface area contributed by atoms with Gasteiger partial charge in [0.25, 0.3) is 0 Å². The normalized spacial score (nSPS) is 11.5. The lowest BCUT2D eigenvalue weighted by molar-refractivity contribution is -0.132. The van der Waals surface area contributed by atoms with Gasteiger partial charge in [-0.3, -0.25) is 0 Å². The summed E-state index contributed by atoms with van der Waals surface area (Å²) >= 11 is 7.98. The number of carbonyl (C=O) groups is 1. The fourth-order valence-corrected chi connectivity index (χ4v) is 4.50. The van der Waals surface area contributed by atoms with E-state index in [-0.39, 0.29) is 5.57 Å². The summed E-state index contributed by atoms with van der Waals surface area (Å²) in [5, 5.41) is 11.3. The zero-order chi connectivity index (χ0) is 23.0. The summed E-state index contributed by atoms with van der Waals surface area (Å²) in [4.78, 5) is 20.1. The van der Waals surface area contributed by atoms with E-state index in [1.807, 2.05) is 72.8 Å². The number of carboxylic acids is 1. The number of rotatable bonds is 9. The Bertz CT molecular complexity index is 1250. The van der Waals surface area contributed by atoms with Crippen molar-refractivity contribution in [2.45, 2.75) is 23.8 Å². The first kappa shape index (κ1) is 22.9. The lowest BCUT2D eigenvalue weighted by Gasteiger charge is -2.05. The Morgan fingerprint density at radius 3 is 2.24 bits per heavy atom. The lowest BCUT2D eigenvalue weighted by atomic mass is 10.0. The molecule has 0 radical (unpaired) electrons. The van der Waals surface area contributed by atoms with Crippen LogP contribution in [0, 0.1) is 0 Å². The number of thioether (sulfide) groups is 1. The molecule has 0 spiro atoms. The number of benzene rings is 3. The highest BCUT2D eigenvalue weighted by Crippen LogP contribution is 2.26. The first-order chi connectivity index (χ1) is 16.1. The van der Waals surface area contributed by atoms with Crippen LogP contribution in [0.2, 0.25) is 5.02 Å². The fraction of sp³-hybridized carbons (Fsp3) is 0.111. The Morgan fingerprint density at radius 2 is 1.58 bits per heavy atom. The van der Waals surface area contributed by atoms with E-state index in [0.29, 0.717) is 23.6 Å². The Balaban J connectivity index is 1.65. The zero-order valence-corrected chi connectivity index (χ0v) is 19.4. The second-order valence-electron chi connectivity index (χ2n) is 7.59. The van der Waals surface area contributed by atoms with Gasteiger partial charge in [0.2, 0.25) is 0 Å². The van der Waals surface area contributed by atoms with Gasteiger partial charge >= 0.3 is 5.97 Å². The molecule has 0 aliphatic rings. The van der Waals surface area contributed by atoms with Crippen LogP contribution >= 0.6 is 23.4 Å². The van der Waals surface area contributed by atoms with E-state index in [4.69, 9.17) is 16.6 Å². The van der Waals surface area contributed by atoms with Crippen LogP contribution in [0.4, 0.5) is 0 Å². The predicted octanol–water partition coefficient (Wildman–Crippen LogP) is 6.66. The van der Waals surface area contributed by atoms with Crippen molar-refractivity contribution in [1.82, 2.24) is 9.97 Å². The molecule has 0 saturated heterocycles. The van der Waals surface area contributed by atoms with Gasteiger partial charge in [0.05, 0.1) is 5.69 Å². The Hall–Kier alpha value is -3.28. The van der Waals surface area contributed by atoms with Gasteiger partial charge in [-0.2, -0.15) is 0 Å². The van der Waals surface area contributed by atoms with E-state index in [2.05, 4.69) is 17.1 Å². The molecule has 2 N–H and O–H groups in total. The number of aliphatic carboxylic acids is 1. The standard InChI is InChI=1S/C27H23ClN2O2S/c28-23-14-8-7-13-21(23)16-24-25(17-22(26(31)32)15-19-9-3-1-4-10-19)30-27(29-24)33-18-20-11-5-2-6-12-20/h1-14,17H,15-16,18H2,(H,29,30)(H,31,32). The largest absolute Gasteiger partial charge is 0.478 e. The molecule has 4 aromatic rings. The Kier molecular flexibility index (Phi) is 7.66. The zero-order valence-electron chi connectivity index (χ0n) is 17.9. The third-order valence-corrected chi connectivity index (χ3v) is 6.47. The highest BCUT2D eigenvalue weighted by molar-refractivity contribution is 7.98. The molecule has 0 aliphatic heterocycles. The molecule has 1 aromatic heterocycles. The van der Waals surface area contributed by atoms with E-state index in [9.17, 15) is 9.90 Å². The van der Waals surface area contributed by atoms with E-state index in [1.54, 1.807) is 17.8 Å². The first-order valence-electron chi connectivity index (χ1n) is 10.6. The van der Waals surface area contributed by atoms with Gasteiger partial charge in [0, 0.05) is 34.9 Å². The summed E-state index contributed by atoms with van der Waals surface area (Å²) in [6.07, 6.45) is 2.52. The summed E-state index contributed by atoms with van der Waals surface area (Å²) < 4.78 is 0. The van der Waals surface area contributed by atoms with Crippen LogP contribution in [0.25, 0.3) is 6.08 Å². The molecule has 0 amide bonds. The number of halogens is 1. The van der Waals surface area contributed by atoms with Gasteiger partial charge in [0.1, 0.15) is 0 Å². The maximum atomic E-state index is 12.0. The first-order valence-corrected chi connectivity index (χ1v) is 11.9. The van der Waals surface area contributed by atoms with E-state index < -0.39 is 5.97 Å². The molecule has 166 valence electrons. The number of nitrogens with one attached hydrogen (secondary N) is 1. The average molecular weight is 475 g/mol. The molecule has 6 heteroatoms. The van der Waals surface area contributed by atoms with Crippen LogP contribution in [0.3, 0.4) is 0 Å². The Labute approximate surface area is 202 Å². The number of hydrogen-bond acceptors (Lipinski definition) is 3. The molecule has 3 aromatic carbocycles. The number of aromatic amines is 1. The monoisotopic (exact) mass is 474 g/mol. The quantitative estimate of drug-likeness (QED) is 0.210. The second-order valence-corrected chi connectivity index (χ2v) is 8.96. The van der Waals surface area contributed by atoms with E-state index in [0.717, 1.165) is 27.7 Å². The number of hydrogen-bond donors (Lipinski definition) is 2. The molecule has 1 heterocycles. The van der Waals surface area contributed by atoms with Crippen molar-refractivity contribution >= 4 is 35.4 Å². The van der Waals surface area contributed by atoms with Crippen LogP contribution in [0.15, 0.2) is 95.7 Å². The average Bonchev–Trinajstić information content (AvgIpc) is 3.21. The van der Waals surface area contributed by atoms with Crippen LogP contribution in [-0.2, 0) is 23.4 Å². The smallest absolute Gasteiger partial charge is 0.331 e. The molecule has 0 atom stereocenters. The summed E-state index contributed by atoms with van der Waals surface area (Å²) in [6.45, 7) is 0. The number of carboxylic acid groups (broad SMARTS) is 1. The van der Waals surface area contributed by atoms with Crippen molar-refractivity contribution in [3.8, 4) is 0 Å². The second kappa shape index (κ2) is 11.0. The molecule has 33 heavy (non-hydrogen) atoms. The lowest BCUT2D eigenvalue weighted by Crippen LogP contribution is -2.04. The molecule has 4 rings (SSSR count). The molecule has 4 nitrogen and oxygen atoms in total. The van der Waals surface area contributed by atoms with E-state index in [1.165, 1.54) is 5.56 Å². The topological polar surface area (TPSA) is 66.0 Å². The minimum Gasteiger partial charge on any atom is -0.478 e. The van der Waals surface area contributed by atoms with Crippen molar-refractivity contribution in [2.75, 3.05) is 0 Å². The minimum atomic E-state index is -0.955. The van der Waals surface area contributed by atoms with Gasteiger partial charge < -0.3 is 10.1 Å². The summed E-state index contributed by atoms with van der Waals surface area (Å²) in [5.41, 5.74) is 4.83. The van der Waals surface area contributed by atoms with Crippen LogP contribution in [0.5, 0.6) is 0 Å². The van der Waals surface area contributed by atoms with Gasteiger partial charge in [0.15, 0.2) is 5.16 Å². The third-order valence-electron chi connectivity index (χ3n) is 5.16. The maximum absolute atomic E-state index is 12.0. The maximum Gasteiger partial charge on any atom is 0.331 e. The van der Waals surface area contributed by atoms with Crippen molar-refractivity contribution in [3.63, 3.8) is 0 Å². The minimum absolute atomic E-state index is 0.285. The molecule has 0 aliphatic carbocycles. The number of H-pyrrole nitrogens is 1. The summed E-state index contributed by atoms with van der Waals surface area (Å²) in [6, 6.07) is 27.4. The molecular formula is C27H23ClN2O2S. The van der Waals surface area contributed by atoms with Gasteiger partial charge in [-0.15, -0.1) is 0 Å². The number of nitrogens with zero attached hydrogens (tertiary/aromatic N) is 1. The molecule has 0 unspecified atom stereocenters. The SMILES string of the molecule is O=C(O)C(=Cc1nc(SCc2ccccc2)[nH]c1Cc1ccccc1Cl)Cc1ccccc1. The Morgan fingerprint density at radius 1 is 0.939 bits per heavy atom. The van der Waals surface area contributed by atoms with Gasteiger partial charge in [-0.1, -0.05) is 102 Å². The fourth-order valence-electron chi connectivity index (χ4n) is 3.45. The summed E-state index contributed by atoms with van der Waals surface area (Å²) in [5.74, 6) is -0.192. The highest BCUT2D eigenvalue weighted by atomic mass is 35.5. The third kappa shape index (κ3) is 6.37. The molecule has 0 bridgehead atoms. The van der Waals surface area contributed by atoms with Crippen LogP contribution in [0.1, 0.15) is 28.1 Å². The highest BCUT2D eigenvalue weighted by Gasteiger charge is 2.15. The molecule has 0 fully saturated rings.